The Morgan fingerprint density at radius 2 is 2.06 bits per heavy atom. The zero-order chi connectivity index (χ0) is 22.0. The first-order valence-corrected chi connectivity index (χ1v) is 10.6. The summed E-state index contributed by atoms with van der Waals surface area (Å²) in [5.41, 5.74) is 0.266. The normalized spacial score (nSPS) is 22.6. The van der Waals surface area contributed by atoms with Gasteiger partial charge in [0.05, 0.1) is 0 Å². The van der Waals surface area contributed by atoms with Crippen LogP contribution >= 0.6 is 11.6 Å². The van der Waals surface area contributed by atoms with Gasteiger partial charge in [-0.15, -0.1) is 0 Å². The minimum absolute atomic E-state index is 0.0867. The summed E-state index contributed by atoms with van der Waals surface area (Å²) in [5.74, 6) is 0.0356. The van der Waals surface area contributed by atoms with Gasteiger partial charge in [0.2, 0.25) is 17.7 Å². The van der Waals surface area contributed by atoms with Crippen LogP contribution in [0.2, 0.25) is 5.02 Å². The van der Waals surface area contributed by atoms with Crippen molar-refractivity contribution in [3.05, 3.63) is 53.2 Å². The van der Waals surface area contributed by atoms with Crippen molar-refractivity contribution in [3.8, 4) is 11.6 Å². The van der Waals surface area contributed by atoms with Crippen LogP contribution in [0.1, 0.15) is 36.5 Å². The van der Waals surface area contributed by atoms with Gasteiger partial charge in [-0.1, -0.05) is 24.9 Å². The molecule has 0 bridgehead atoms. The Labute approximate surface area is 184 Å². The van der Waals surface area contributed by atoms with E-state index >= 15 is 0 Å². The number of amides is 3. The number of hydrogen-bond acceptors (Lipinski definition) is 5. The molecule has 0 aliphatic carbocycles. The first-order valence-electron chi connectivity index (χ1n) is 10.3. The maximum absolute atomic E-state index is 12.9. The number of rotatable bonds is 6. The highest BCUT2D eigenvalue weighted by Gasteiger charge is 2.46. The zero-order valence-electron chi connectivity index (χ0n) is 17.0. The number of fused-ring (bicyclic) bond motifs is 1. The summed E-state index contributed by atoms with van der Waals surface area (Å²) in [6.07, 6.45) is 3.31. The number of piperazine rings is 1. The standard InChI is InChI=1S/C22H23ClN4O4/c1-2-4-17-22(30)27-12-14(11-18(27)20(29)26-17)25-19(28)16-5-3-10-24-21(16)31-15-8-6-13(23)7-9-15/h3,5-10,14,17-18H,2,4,11-12H2,1H3,(H,25,28)(H,26,29)/t14-,17-,18-/m0/s1. The highest BCUT2D eigenvalue weighted by Crippen LogP contribution is 2.27. The number of ether oxygens (including phenoxy) is 1. The molecule has 1 aromatic carbocycles. The third-order valence-corrected chi connectivity index (χ3v) is 5.71. The monoisotopic (exact) mass is 442 g/mol. The van der Waals surface area contributed by atoms with E-state index in [1.54, 1.807) is 41.3 Å². The number of carbonyl (C=O) groups is 3. The molecule has 4 rings (SSSR count). The molecule has 0 spiro atoms. The van der Waals surface area contributed by atoms with Gasteiger partial charge in [-0.25, -0.2) is 4.98 Å². The molecule has 31 heavy (non-hydrogen) atoms. The van der Waals surface area contributed by atoms with Crippen LogP contribution in [0.15, 0.2) is 42.6 Å². The van der Waals surface area contributed by atoms with Crippen molar-refractivity contribution in [2.75, 3.05) is 6.54 Å². The third-order valence-electron chi connectivity index (χ3n) is 5.46. The molecule has 0 radical (unpaired) electrons. The maximum atomic E-state index is 12.9. The number of benzene rings is 1. The Balaban J connectivity index is 1.45. The Hall–Kier alpha value is -3.13. The van der Waals surface area contributed by atoms with Crippen molar-refractivity contribution in [1.82, 2.24) is 20.5 Å². The lowest BCUT2D eigenvalue weighted by Crippen LogP contribution is -2.61. The lowest BCUT2D eigenvalue weighted by atomic mass is 10.0. The molecule has 2 aliphatic rings. The van der Waals surface area contributed by atoms with Crippen molar-refractivity contribution < 1.29 is 19.1 Å². The summed E-state index contributed by atoms with van der Waals surface area (Å²) in [5, 5.41) is 6.30. The quantitative estimate of drug-likeness (QED) is 0.716. The smallest absolute Gasteiger partial charge is 0.257 e. The van der Waals surface area contributed by atoms with Crippen LogP contribution in [0.4, 0.5) is 0 Å². The number of nitrogens with zero attached hydrogens (tertiary/aromatic N) is 2. The Morgan fingerprint density at radius 1 is 1.29 bits per heavy atom. The molecule has 2 N–H and O–H groups in total. The Morgan fingerprint density at radius 3 is 2.81 bits per heavy atom. The summed E-state index contributed by atoms with van der Waals surface area (Å²) in [6, 6.07) is 8.62. The molecule has 1 aromatic heterocycles. The molecule has 162 valence electrons. The average molecular weight is 443 g/mol. The molecule has 2 saturated heterocycles. The second-order valence-corrected chi connectivity index (χ2v) is 8.11. The molecule has 3 heterocycles. The fourth-order valence-corrected chi connectivity index (χ4v) is 4.10. The van der Waals surface area contributed by atoms with Gasteiger partial charge in [-0.2, -0.15) is 0 Å². The van der Waals surface area contributed by atoms with Crippen LogP contribution in [0.25, 0.3) is 0 Å². The Bertz CT molecular complexity index is 997. The summed E-state index contributed by atoms with van der Waals surface area (Å²) in [6.45, 7) is 2.27. The molecule has 2 fully saturated rings. The number of nitrogens with one attached hydrogen (secondary N) is 2. The average Bonchev–Trinajstić information content (AvgIpc) is 3.18. The topological polar surface area (TPSA) is 101 Å². The van der Waals surface area contributed by atoms with E-state index in [2.05, 4.69) is 15.6 Å². The van der Waals surface area contributed by atoms with E-state index in [1.165, 1.54) is 6.20 Å². The van der Waals surface area contributed by atoms with Gasteiger partial charge in [-0.05, 0) is 49.2 Å². The second kappa shape index (κ2) is 8.93. The predicted octanol–water partition coefficient (Wildman–Crippen LogP) is 2.53. The third kappa shape index (κ3) is 4.49. The summed E-state index contributed by atoms with van der Waals surface area (Å²) < 4.78 is 5.76. The van der Waals surface area contributed by atoms with E-state index in [0.717, 1.165) is 6.42 Å². The molecule has 3 amide bonds. The van der Waals surface area contributed by atoms with Crippen molar-refractivity contribution in [1.29, 1.82) is 0 Å². The molecular weight excluding hydrogens is 420 g/mol. The van der Waals surface area contributed by atoms with E-state index in [0.29, 0.717) is 30.2 Å². The van der Waals surface area contributed by atoms with Crippen LogP contribution in [0.3, 0.4) is 0 Å². The minimum atomic E-state index is -0.551. The number of aromatic nitrogens is 1. The van der Waals surface area contributed by atoms with Gasteiger partial charge in [-0.3, -0.25) is 14.4 Å². The van der Waals surface area contributed by atoms with Crippen LogP contribution < -0.4 is 15.4 Å². The molecule has 3 atom stereocenters. The summed E-state index contributed by atoms with van der Waals surface area (Å²) >= 11 is 5.90. The molecule has 0 saturated carbocycles. The van der Waals surface area contributed by atoms with Gasteiger partial charge in [0.15, 0.2) is 0 Å². The molecular formula is C22H23ClN4O4. The number of pyridine rings is 1. The number of halogens is 1. The lowest BCUT2D eigenvalue weighted by Gasteiger charge is -2.34. The Kier molecular flexibility index (Phi) is 6.08. The highest BCUT2D eigenvalue weighted by atomic mass is 35.5. The predicted molar refractivity (Wildman–Crippen MR) is 114 cm³/mol. The number of carbonyl (C=O) groups excluding carboxylic acids is 3. The largest absolute Gasteiger partial charge is 0.438 e. The fraction of sp³-hybridized carbons (Fsp3) is 0.364. The van der Waals surface area contributed by atoms with Gasteiger partial charge in [0.25, 0.3) is 5.91 Å². The fourth-order valence-electron chi connectivity index (χ4n) is 3.97. The SMILES string of the molecule is CCC[C@@H]1NC(=O)[C@@H]2C[C@H](NC(=O)c3cccnc3Oc3ccc(Cl)cc3)CN2C1=O. The zero-order valence-corrected chi connectivity index (χ0v) is 17.8. The van der Waals surface area contributed by atoms with E-state index in [1.807, 2.05) is 6.92 Å². The molecule has 8 nitrogen and oxygen atoms in total. The van der Waals surface area contributed by atoms with Crippen LogP contribution in [-0.4, -0.2) is 52.3 Å². The summed E-state index contributed by atoms with van der Waals surface area (Å²) in [7, 11) is 0. The van der Waals surface area contributed by atoms with Gasteiger partial charge >= 0.3 is 0 Å². The van der Waals surface area contributed by atoms with E-state index in [4.69, 9.17) is 16.3 Å². The molecule has 9 heteroatoms. The second-order valence-electron chi connectivity index (χ2n) is 7.67. The molecule has 0 unspecified atom stereocenters. The molecule has 2 aromatic rings. The minimum Gasteiger partial charge on any atom is -0.438 e. The lowest BCUT2D eigenvalue weighted by molar-refractivity contribution is -0.147. The van der Waals surface area contributed by atoms with E-state index < -0.39 is 12.1 Å². The van der Waals surface area contributed by atoms with Crippen molar-refractivity contribution in [2.24, 2.45) is 0 Å². The van der Waals surface area contributed by atoms with E-state index in [9.17, 15) is 14.4 Å². The van der Waals surface area contributed by atoms with Gasteiger partial charge in [0.1, 0.15) is 23.4 Å². The van der Waals surface area contributed by atoms with Crippen LogP contribution in [0.5, 0.6) is 11.6 Å². The van der Waals surface area contributed by atoms with Crippen molar-refractivity contribution >= 4 is 29.3 Å². The van der Waals surface area contributed by atoms with Crippen molar-refractivity contribution in [2.45, 2.75) is 44.3 Å². The molecule has 2 aliphatic heterocycles. The first kappa shape index (κ1) is 21.1. The first-order chi connectivity index (χ1) is 15.0. The highest BCUT2D eigenvalue weighted by molar-refractivity contribution is 6.30. The summed E-state index contributed by atoms with van der Waals surface area (Å²) in [4.78, 5) is 43.8. The van der Waals surface area contributed by atoms with Crippen molar-refractivity contribution in [3.63, 3.8) is 0 Å². The van der Waals surface area contributed by atoms with Crippen LogP contribution in [-0.2, 0) is 9.59 Å². The maximum Gasteiger partial charge on any atom is 0.257 e. The van der Waals surface area contributed by atoms with E-state index in [-0.39, 0.29) is 35.2 Å². The van der Waals surface area contributed by atoms with Gasteiger partial charge < -0.3 is 20.3 Å². The van der Waals surface area contributed by atoms with Gasteiger partial charge in [0, 0.05) is 23.8 Å². The van der Waals surface area contributed by atoms with Crippen LogP contribution in [0, 0.1) is 0 Å². The number of hydrogen-bond donors (Lipinski definition) is 2.